The number of ether oxygens (including phenoxy) is 1. The number of nitrogens with zero attached hydrogens (tertiary/aromatic N) is 3. The van der Waals surface area contributed by atoms with Crippen LogP contribution in [-0.4, -0.2) is 32.8 Å². The van der Waals surface area contributed by atoms with Crippen LogP contribution in [0.3, 0.4) is 0 Å². The summed E-state index contributed by atoms with van der Waals surface area (Å²) in [5.41, 5.74) is 6.57. The molecule has 5 aromatic rings. The first-order valence-electron chi connectivity index (χ1n) is 16.1. The van der Waals surface area contributed by atoms with Gasteiger partial charge in [-0.15, -0.1) is 0 Å². The lowest BCUT2D eigenvalue weighted by atomic mass is 9.98. The Bertz CT molecular complexity index is 2070. The third kappa shape index (κ3) is 9.49. The van der Waals surface area contributed by atoms with Gasteiger partial charge in [-0.2, -0.15) is 4.57 Å². The molecule has 0 aliphatic carbocycles. The Hall–Kier alpha value is -3.81. The number of hydrogen-bond acceptors (Lipinski definition) is 5. The topological polar surface area (TPSA) is 90.6 Å². The van der Waals surface area contributed by atoms with Crippen molar-refractivity contribution in [3.8, 4) is 22.3 Å². The Morgan fingerprint density at radius 1 is 0.740 bits per heavy atom. The number of hydrogen-bond donors (Lipinski definition) is 0. The summed E-state index contributed by atoms with van der Waals surface area (Å²) < 4.78 is 17.8. The number of amides is 1. The fourth-order valence-corrected chi connectivity index (χ4v) is 5.90. The maximum atomic E-state index is 13.1. The third-order valence-electron chi connectivity index (χ3n) is 7.68. The highest BCUT2D eigenvalue weighted by Crippen LogP contribution is 2.61. The molecule has 6 rings (SSSR count). The highest BCUT2D eigenvalue weighted by Gasteiger charge is 2.31. The Balaban J connectivity index is 0.000000205. The van der Waals surface area contributed by atoms with Gasteiger partial charge in [0.2, 0.25) is 5.91 Å². The van der Waals surface area contributed by atoms with Crippen molar-refractivity contribution in [2.24, 2.45) is 0 Å². The minimum atomic E-state index is -3.22. The Morgan fingerprint density at radius 3 is 1.74 bits per heavy atom. The van der Waals surface area contributed by atoms with Crippen LogP contribution in [0, 0.1) is 0 Å². The fourth-order valence-electron chi connectivity index (χ4n) is 5.90. The zero-order chi connectivity index (χ0) is 37.0. The summed E-state index contributed by atoms with van der Waals surface area (Å²) in [5, 5.41) is -3.22. The van der Waals surface area contributed by atoms with Crippen molar-refractivity contribution in [1.29, 1.82) is 0 Å². The van der Waals surface area contributed by atoms with Gasteiger partial charge in [0.15, 0.2) is 0 Å². The predicted octanol–water partition coefficient (Wildman–Crippen LogP) is 11.3. The molecular formula is C38H41Cl3N3O5P. The molecule has 0 N–H and O–H groups in total. The van der Waals surface area contributed by atoms with E-state index in [1.165, 1.54) is 11.1 Å². The zero-order valence-electron chi connectivity index (χ0n) is 29.1. The number of carbonyl (C=O) groups is 2. The smallest absolute Gasteiger partial charge is 0.423 e. The van der Waals surface area contributed by atoms with E-state index in [4.69, 9.17) is 4.74 Å². The first-order chi connectivity index (χ1) is 23.4. The lowest BCUT2D eigenvalue weighted by Gasteiger charge is -2.22. The van der Waals surface area contributed by atoms with Crippen molar-refractivity contribution < 1.29 is 18.9 Å². The summed E-state index contributed by atoms with van der Waals surface area (Å²) in [4.78, 5) is 40.0. The number of aromatic nitrogens is 2. The molecule has 1 aliphatic heterocycles. The van der Waals surface area contributed by atoms with E-state index in [1.54, 1.807) is 25.3 Å². The molecule has 50 heavy (non-hydrogen) atoms. The minimum absolute atomic E-state index is 0.0836. The van der Waals surface area contributed by atoms with Crippen molar-refractivity contribution >= 4 is 67.6 Å². The van der Waals surface area contributed by atoms with Crippen LogP contribution in [0.1, 0.15) is 60.1 Å². The summed E-state index contributed by atoms with van der Waals surface area (Å²) in [5.74, 6) is 0.202. The van der Waals surface area contributed by atoms with E-state index in [1.807, 2.05) is 97.6 Å². The maximum Gasteiger partial charge on any atom is 0.423 e. The molecule has 0 spiro atoms. The molecule has 12 heteroatoms. The van der Waals surface area contributed by atoms with E-state index in [0.717, 1.165) is 32.5 Å². The SMILES string of the molecule is CC(C)N1C(=O)Cc2c(-c3ccccc3)cccc21.CC(C)n1c(=O)n(C(=O)OC(C)(C)C)c2c(-c3ccccc3)cccc21.O=P(Cl)(Cl)Cl. The lowest BCUT2D eigenvalue weighted by molar-refractivity contribution is -0.117. The maximum absolute atomic E-state index is 13.1. The predicted molar refractivity (Wildman–Crippen MR) is 207 cm³/mol. The van der Waals surface area contributed by atoms with E-state index in [-0.39, 0.29) is 23.7 Å². The van der Waals surface area contributed by atoms with Crippen LogP contribution >= 0.6 is 38.9 Å². The van der Waals surface area contributed by atoms with Crippen LogP contribution in [0.15, 0.2) is 102 Å². The number of halogens is 3. The number of rotatable bonds is 4. The standard InChI is InChI=1S/C21H24N2O3.C17H17NO.Cl3OP/c1-14(2)22-17-13-9-12-16(15-10-7-6-8-11-15)18(17)23(19(22)24)20(25)26-21(3,4)5;1-12(2)18-16-10-6-9-14(15(16)11-17(18)19)13-7-4-3-5-8-13;1-5(2,3)4/h6-14H,1-5H3;3-10,12H,11H2,1-2H3;. The van der Waals surface area contributed by atoms with E-state index < -0.39 is 16.9 Å². The highest BCUT2D eigenvalue weighted by atomic mass is 36.0. The highest BCUT2D eigenvalue weighted by molar-refractivity contribution is 8.24. The monoisotopic (exact) mass is 755 g/mol. The van der Waals surface area contributed by atoms with Crippen LogP contribution in [0.2, 0.25) is 0 Å². The Morgan fingerprint density at radius 2 is 1.24 bits per heavy atom. The quantitative estimate of drug-likeness (QED) is 0.170. The van der Waals surface area contributed by atoms with Gasteiger partial charge in [-0.05, 0) is 117 Å². The van der Waals surface area contributed by atoms with Crippen LogP contribution in [-0.2, 0) is 20.5 Å². The fraction of sp³-hybridized carbons (Fsp3) is 0.289. The van der Waals surface area contributed by atoms with Crippen LogP contribution in [0.25, 0.3) is 33.3 Å². The van der Waals surface area contributed by atoms with Gasteiger partial charge in [0.05, 0.1) is 17.5 Å². The summed E-state index contributed by atoms with van der Waals surface area (Å²) in [6.45, 7) is 13.3. The number of benzene rings is 4. The third-order valence-corrected chi connectivity index (χ3v) is 7.68. The Kier molecular flexibility index (Phi) is 12.5. The van der Waals surface area contributed by atoms with Crippen LogP contribution < -0.4 is 10.6 Å². The average molecular weight is 757 g/mol. The van der Waals surface area contributed by atoms with Gasteiger partial charge in [-0.3, -0.25) is 13.9 Å². The molecule has 0 saturated carbocycles. The van der Waals surface area contributed by atoms with E-state index in [9.17, 15) is 18.9 Å². The molecule has 0 radical (unpaired) electrons. The van der Waals surface area contributed by atoms with Crippen molar-refractivity contribution in [2.75, 3.05) is 4.90 Å². The second-order valence-electron chi connectivity index (χ2n) is 13.2. The number of fused-ring (bicyclic) bond motifs is 2. The second-order valence-corrected chi connectivity index (χ2v) is 19.8. The normalized spacial score (nSPS) is 12.7. The van der Waals surface area contributed by atoms with Gasteiger partial charge in [0, 0.05) is 23.3 Å². The average Bonchev–Trinajstić information content (AvgIpc) is 3.53. The van der Waals surface area contributed by atoms with Crippen molar-refractivity contribution in [3.05, 3.63) is 113 Å². The number of carbonyl (C=O) groups excluding carboxylic acids is 2. The van der Waals surface area contributed by atoms with E-state index in [0.29, 0.717) is 11.9 Å². The molecule has 0 unspecified atom stereocenters. The van der Waals surface area contributed by atoms with Gasteiger partial charge >= 0.3 is 17.0 Å². The molecule has 1 aliphatic rings. The van der Waals surface area contributed by atoms with E-state index >= 15 is 0 Å². The number of imidazole rings is 1. The number of para-hydroxylation sites is 1. The van der Waals surface area contributed by atoms with Gasteiger partial charge in [0.25, 0.3) is 0 Å². The Labute approximate surface area is 307 Å². The molecular weight excluding hydrogens is 716 g/mol. The van der Waals surface area contributed by atoms with Gasteiger partial charge in [-0.1, -0.05) is 84.9 Å². The van der Waals surface area contributed by atoms with Crippen molar-refractivity contribution in [2.45, 2.75) is 72.6 Å². The molecule has 0 bridgehead atoms. The van der Waals surface area contributed by atoms with Gasteiger partial charge in [-0.25, -0.2) is 9.59 Å². The molecule has 8 nitrogen and oxygen atoms in total. The van der Waals surface area contributed by atoms with Crippen molar-refractivity contribution in [1.82, 2.24) is 9.13 Å². The van der Waals surface area contributed by atoms with Crippen LogP contribution in [0.5, 0.6) is 0 Å². The van der Waals surface area contributed by atoms with Crippen LogP contribution in [0.4, 0.5) is 10.5 Å². The summed E-state index contributed by atoms with van der Waals surface area (Å²) in [6.07, 6.45) is -0.145. The zero-order valence-corrected chi connectivity index (χ0v) is 32.2. The molecule has 0 atom stereocenters. The molecule has 1 aromatic heterocycles. The molecule has 0 fully saturated rings. The first-order valence-corrected chi connectivity index (χ1v) is 20.5. The minimum Gasteiger partial charge on any atom is -0.443 e. The molecule has 0 saturated heterocycles. The summed E-state index contributed by atoms with van der Waals surface area (Å²) >= 11 is 13.8. The largest absolute Gasteiger partial charge is 0.443 e. The van der Waals surface area contributed by atoms with Crippen molar-refractivity contribution in [3.63, 3.8) is 0 Å². The second kappa shape index (κ2) is 16.0. The first kappa shape index (κ1) is 39.0. The summed E-state index contributed by atoms with van der Waals surface area (Å²) in [6, 6.07) is 32.0. The van der Waals surface area contributed by atoms with Gasteiger partial charge in [0.1, 0.15) is 5.60 Å². The molecule has 4 aromatic carbocycles. The van der Waals surface area contributed by atoms with E-state index in [2.05, 4.69) is 65.8 Å². The summed E-state index contributed by atoms with van der Waals surface area (Å²) in [7, 11) is 0. The lowest BCUT2D eigenvalue weighted by Crippen LogP contribution is -2.35. The molecule has 1 amide bonds. The molecule has 264 valence electrons. The van der Waals surface area contributed by atoms with Gasteiger partial charge < -0.3 is 9.64 Å². The molecule has 2 heterocycles. The number of anilines is 1.